The van der Waals surface area contributed by atoms with E-state index in [-0.39, 0.29) is 5.69 Å². The molecule has 0 aromatic heterocycles. The van der Waals surface area contributed by atoms with E-state index in [1.807, 2.05) is 0 Å². The van der Waals surface area contributed by atoms with Gasteiger partial charge in [0.05, 0.1) is 10.2 Å². The lowest BCUT2D eigenvalue weighted by Gasteiger charge is -2.10. The van der Waals surface area contributed by atoms with Crippen molar-refractivity contribution in [3.63, 3.8) is 0 Å². The molecule has 0 saturated heterocycles. The third-order valence-electron chi connectivity index (χ3n) is 2.76. The van der Waals surface area contributed by atoms with Crippen LogP contribution in [0.1, 0.15) is 25.7 Å². The molecule has 5 heteroatoms. The van der Waals surface area contributed by atoms with Gasteiger partial charge < -0.3 is 0 Å². The largest absolute Gasteiger partial charge is 0.205 e. The van der Waals surface area contributed by atoms with Crippen LogP contribution < -0.4 is 0 Å². The molecule has 1 aliphatic carbocycles. The molecule has 0 bridgehead atoms. The lowest BCUT2D eigenvalue weighted by Crippen LogP contribution is -1.94. The number of aliphatic imine (C=N–C) groups is 1. The fraction of sp³-hybridized carbons (Fsp3) is 0.417. The summed E-state index contributed by atoms with van der Waals surface area (Å²) < 4.78 is 13.5. The van der Waals surface area contributed by atoms with Gasteiger partial charge in [-0.25, -0.2) is 4.39 Å². The Balaban J connectivity index is 2.25. The molecule has 0 amide bonds. The summed E-state index contributed by atoms with van der Waals surface area (Å²) in [5, 5.41) is 3.21. The number of rotatable bonds is 3. The molecule has 1 nitrogen and oxygen atoms in total. The predicted octanol–water partition coefficient (Wildman–Crippen LogP) is 5.25. The molecule has 0 N–H and O–H groups in total. The molecular weight excluding hydrogens is 277 g/mol. The van der Waals surface area contributed by atoms with Gasteiger partial charge in [-0.05, 0) is 37.2 Å². The van der Waals surface area contributed by atoms with Crippen molar-refractivity contribution >= 4 is 46.4 Å². The van der Waals surface area contributed by atoms with Crippen LogP contribution in [0.15, 0.2) is 22.0 Å². The van der Waals surface area contributed by atoms with Crippen LogP contribution in [0.3, 0.4) is 0 Å². The predicted molar refractivity (Wildman–Crippen MR) is 74.2 cm³/mol. The van der Waals surface area contributed by atoms with Crippen molar-refractivity contribution in [3.05, 3.63) is 23.0 Å². The molecule has 0 atom stereocenters. The van der Waals surface area contributed by atoms with Crippen molar-refractivity contribution in [1.82, 2.24) is 0 Å². The Bertz CT molecular complexity index is 466. The number of hydrogen-bond donors (Lipinski definition) is 0. The maximum Gasteiger partial charge on any atom is 0.151 e. The quantitative estimate of drug-likeness (QED) is 0.556. The van der Waals surface area contributed by atoms with Gasteiger partial charge in [0.1, 0.15) is 5.69 Å². The van der Waals surface area contributed by atoms with E-state index in [0.717, 1.165) is 4.90 Å². The van der Waals surface area contributed by atoms with Crippen LogP contribution in [-0.2, 0) is 0 Å². The molecular formula is C12H11ClFNS2. The van der Waals surface area contributed by atoms with Crippen molar-refractivity contribution in [2.24, 2.45) is 4.99 Å². The highest BCUT2D eigenvalue weighted by molar-refractivity contribution is 8.00. The molecule has 1 aliphatic rings. The van der Waals surface area contributed by atoms with Gasteiger partial charge in [-0.15, -0.1) is 11.8 Å². The zero-order valence-electron chi connectivity index (χ0n) is 9.08. The Morgan fingerprint density at radius 2 is 2.12 bits per heavy atom. The molecule has 90 valence electrons. The SMILES string of the molecule is Fc1cc(Cl)c(SC2CCCC2)cc1N=C=S. The lowest BCUT2D eigenvalue weighted by atomic mass is 10.3. The molecule has 0 unspecified atom stereocenters. The van der Waals surface area contributed by atoms with Gasteiger partial charge in [0.2, 0.25) is 0 Å². The average Bonchev–Trinajstić information content (AvgIpc) is 2.78. The molecule has 1 fully saturated rings. The zero-order chi connectivity index (χ0) is 12.3. The maximum atomic E-state index is 13.5. The first-order valence-corrected chi connectivity index (χ1v) is 7.11. The first-order chi connectivity index (χ1) is 8.20. The van der Waals surface area contributed by atoms with Crippen LogP contribution in [-0.4, -0.2) is 10.4 Å². The Labute approximate surface area is 114 Å². The van der Waals surface area contributed by atoms with E-state index in [1.165, 1.54) is 31.7 Å². The summed E-state index contributed by atoms with van der Waals surface area (Å²) >= 11 is 12.2. The van der Waals surface area contributed by atoms with E-state index in [4.69, 9.17) is 11.6 Å². The fourth-order valence-corrected chi connectivity index (χ4v) is 3.59. The highest BCUT2D eigenvalue weighted by Crippen LogP contribution is 2.40. The Morgan fingerprint density at radius 3 is 2.76 bits per heavy atom. The Hall–Kier alpha value is -0.410. The first-order valence-electron chi connectivity index (χ1n) is 5.44. The number of thioether (sulfide) groups is 1. The highest BCUT2D eigenvalue weighted by Gasteiger charge is 2.18. The number of isothiocyanates is 1. The summed E-state index contributed by atoms with van der Waals surface area (Å²) in [4.78, 5) is 4.58. The normalized spacial score (nSPS) is 15.9. The van der Waals surface area contributed by atoms with Crippen LogP contribution in [0.4, 0.5) is 10.1 Å². The van der Waals surface area contributed by atoms with Crippen LogP contribution in [0.2, 0.25) is 5.02 Å². The summed E-state index contributed by atoms with van der Waals surface area (Å²) in [5.74, 6) is -0.455. The Kier molecular flexibility index (Phi) is 4.57. The maximum absolute atomic E-state index is 13.5. The topological polar surface area (TPSA) is 12.4 Å². The summed E-state index contributed by atoms with van der Waals surface area (Å²) in [6, 6.07) is 2.95. The standard InChI is InChI=1S/C12H11ClFNS2/c13-9-5-10(14)11(15-7-16)6-12(9)17-8-3-1-2-4-8/h5-6,8H,1-4H2. The molecule has 1 aromatic rings. The minimum absolute atomic E-state index is 0.213. The second-order valence-electron chi connectivity index (χ2n) is 3.96. The molecule has 17 heavy (non-hydrogen) atoms. The monoisotopic (exact) mass is 287 g/mol. The van der Waals surface area contributed by atoms with Gasteiger partial charge >= 0.3 is 0 Å². The van der Waals surface area contributed by atoms with Crippen molar-refractivity contribution in [3.8, 4) is 0 Å². The third-order valence-corrected chi connectivity index (χ3v) is 4.68. The van der Waals surface area contributed by atoms with E-state index in [1.54, 1.807) is 17.8 Å². The van der Waals surface area contributed by atoms with Gasteiger partial charge in [-0.3, -0.25) is 0 Å². The highest BCUT2D eigenvalue weighted by atomic mass is 35.5. The van der Waals surface area contributed by atoms with E-state index < -0.39 is 5.82 Å². The molecule has 0 radical (unpaired) electrons. The van der Waals surface area contributed by atoms with E-state index in [0.29, 0.717) is 10.3 Å². The summed E-state index contributed by atoms with van der Waals surface area (Å²) in [6.07, 6.45) is 4.93. The van der Waals surface area contributed by atoms with Gasteiger partial charge in [-0.1, -0.05) is 24.4 Å². The third kappa shape index (κ3) is 3.29. The minimum atomic E-state index is -0.455. The minimum Gasteiger partial charge on any atom is -0.205 e. The van der Waals surface area contributed by atoms with Crippen molar-refractivity contribution in [2.45, 2.75) is 35.8 Å². The molecule has 1 aromatic carbocycles. The number of thiocarbonyl (C=S) groups is 1. The van der Waals surface area contributed by atoms with E-state index >= 15 is 0 Å². The number of nitrogens with zero attached hydrogens (tertiary/aromatic N) is 1. The van der Waals surface area contributed by atoms with E-state index in [2.05, 4.69) is 22.4 Å². The fourth-order valence-electron chi connectivity index (χ4n) is 1.93. The summed E-state index contributed by atoms with van der Waals surface area (Å²) in [5.41, 5.74) is 0.213. The molecule has 0 spiro atoms. The molecule has 1 saturated carbocycles. The van der Waals surface area contributed by atoms with E-state index in [9.17, 15) is 4.39 Å². The summed E-state index contributed by atoms with van der Waals surface area (Å²) in [6.45, 7) is 0. The average molecular weight is 288 g/mol. The Morgan fingerprint density at radius 1 is 1.41 bits per heavy atom. The van der Waals surface area contributed by atoms with Crippen molar-refractivity contribution < 1.29 is 4.39 Å². The second kappa shape index (κ2) is 5.96. The van der Waals surface area contributed by atoms with Crippen LogP contribution in [0.5, 0.6) is 0 Å². The van der Waals surface area contributed by atoms with Gasteiger partial charge in [0.25, 0.3) is 0 Å². The molecule has 0 heterocycles. The van der Waals surface area contributed by atoms with Crippen molar-refractivity contribution in [2.75, 3.05) is 0 Å². The number of halogens is 2. The second-order valence-corrected chi connectivity index (χ2v) is 5.89. The summed E-state index contributed by atoms with van der Waals surface area (Å²) in [7, 11) is 0. The first kappa shape index (κ1) is 13.0. The lowest BCUT2D eigenvalue weighted by molar-refractivity contribution is 0.629. The van der Waals surface area contributed by atoms with Crippen LogP contribution in [0, 0.1) is 5.82 Å². The molecule has 0 aliphatic heterocycles. The van der Waals surface area contributed by atoms with Crippen LogP contribution >= 0.6 is 35.6 Å². The van der Waals surface area contributed by atoms with Crippen LogP contribution in [0.25, 0.3) is 0 Å². The van der Waals surface area contributed by atoms with Gasteiger partial charge in [0.15, 0.2) is 5.82 Å². The van der Waals surface area contributed by atoms with Gasteiger partial charge in [0, 0.05) is 10.1 Å². The number of benzene rings is 1. The number of hydrogen-bond acceptors (Lipinski definition) is 3. The zero-order valence-corrected chi connectivity index (χ0v) is 11.5. The molecule has 2 rings (SSSR count). The van der Waals surface area contributed by atoms with Gasteiger partial charge in [-0.2, -0.15) is 4.99 Å². The van der Waals surface area contributed by atoms with Crippen molar-refractivity contribution in [1.29, 1.82) is 0 Å². The smallest absolute Gasteiger partial charge is 0.151 e.